The van der Waals surface area contributed by atoms with Crippen molar-refractivity contribution >= 4 is 0 Å². The minimum atomic E-state index is -1.83. The standard InChI is InChI=1S/C14H11NO2/c15-10-14(17,11-6-2-1-3-7-11)12-8-4-5-9-13(12)16/h1-9,16-17H. The lowest BCUT2D eigenvalue weighted by atomic mass is 9.87. The van der Waals surface area contributed by atoms with Crippen molar-refractivity contribution in [3.05, 3.63) is 65.7 Å². The van der Waals surface area contributed by atoms with Gasteiger partial charge in [-0.1, -0.05) is 48.5 Å². The smallest absolute Gasteiger partial charge is 0.206 e. The van der Waals surface area contributed by atoms with Gasteiger partial charge in [-0.05, 0) is 6.07 Å². The maximum absolute atomic E-state index is 10.4. The molecule has 3 nitrogen and oxygen atoms in total. The fraction of sp³-hybridized carbons (Fsp3) is 0.0714. The largest absolute Gasteiger partial charge is 0.508 e. The van der Waals surface area contributed by atoms with Crippen LogP contribution in [0.15, 0.2) is 54.6 Å². The van der Waals surface area contributed by atoms with Crippen LogP contribution in [0.2, 0.25) is 0 Å². The van der Waals surface area contributed by atoms with Gasteiger partial charge < -0.3 is 10.2 Å². The highest BCUT2D eigenvalue weighted by Gasteiger charge is 2.33. The van der Waals surface area contributed by atoms with Crippen molar-refractivity contribution < 1.29 is 10.2 Å². The first-order valence-electron chi connectivity index (χ1n) is 5.16. The van der Waals surface area contributed by atoms with Crippen LogP contribution < -0.4 is 0 Å². The van der Waals surface area contributed by atoms with Crippen molar-refractivity contribution in [2.45, 2.75) is 5.60 Å². The lowest BCUT2D eigenvalue weighted by Gasteiger charge is -2.21. The van der Waals surface area contributed by atoms with E-state index < -0.39 is 5.60 Å². The third-order valence-corrected chi connectivity index (χ3v) is 2.65. The van der Waals surface area contributed by atoms with E-state index in [0.717, 1.165) is 0 Å². The highest BCUT2D eigenvalue weighted by Crippen LogP contribution is 2.34. The first kappa shape index (κ1) is 11.2. The zero-order chi connectivity index (χ0) is 12.3. The van der Waals surface area contributed by atoms with Gasteiger partial charge in [-0.3, -0.25) is 0 Å². The fourth-order valence-electron chi connectivity index (χ4n) is 1.74. The second kappa shape index (κ2) is 4.28. The predicted molar refractivity (Wildman–Crippen MR) is 63.2 cm³/mol. The van der Waals surface area contributed by atoms with Crippen LogP contribution in [0.5, 0.6) is 5.75 Å². The molecule has 0 amide bonds. The summed E-state index contributed by atoms with van der Waals surface area (Å²) in [4.78, 5) is 0. The van der Waals surface area contributed by atoms with E-state index in [1.165, 1.54) is 12.1 Å². The summed E-state index contributed by atoms with van der Waals surface area (Å²) in [5.41, 5.74) is -1.20. The molecule has 0 aliphatic rings. The first-order chi connectivity index (χ1) is 8.18. The van der Waals surface area contributed by atoms with Crippen LogP contribution in [0, 0.1) is 11.3 Å². The monoisotopic (exact) mass is 225 g/mol. The van der Waals surface area contributed by atoms with Gasteiger partial charge in [-0.25, -0.2) is 0 Å². The summed E-state index contributed by atoms with van der Waals surface area (Å²) >= 11 is 0. The van der Waals surface area contributed by atoms with E-state index in [0.29, 0.717) is 5.56 Å². The highest BCUT2D eigenvalue weighted by molar-refractivity contribution is 5.48. The zero-order valence-corrected chi connectivity index (χ0v) is 9.04. The average Bonchev–Trinajstić information content (AvgIpc) is 2.39. The molecule has 2 rings (SSSR count). The molecule has 0 spiro atoms. The van der Waals surface area contributed by atoms with E-state index in [4.69, 9.17) is 0 Å². The molecule has 17 heavy (non-hydrogen) atoms. The maximum atomic E-state index is 10.4. The Hall–Kier alpha value is -2.31. The van der Waals surface area contributed by atoms with Gasteiger partial charge in [0, 0.05) is 11.1 Å². The van der Waals surface area contributed by atoms with Crippen molar-refractivity contribution in [2.24, 2.45) is 0 Å². The van der Waals surface area contributed by atoms with E-state index in [9.17, 15) is 15.5 Å². The van der Waals surface area contributed by atoms with Crippen molar-refractivity contribution in [3.8, 4) is 11.8 Å². The summed E-state index contributed by atoms with van der Waals surface area (Å²) < 4.78 is 0. The average molecular weight is 225 g/mol. The van der Waals surface area contributed by atoms with Gasteiger partial charge in [0.1, 0.15) is 11.8 Å². The molecule has 0 aliphatic heterocycles. The van der Waals surface area contributed by atoms with Crippen LogP contribution >= 0.6 is 0 Å². The Balaban J connectivity index is 2.62. The first-order valence-corrected chi connectivity index (χ1v) is 5.16. The Labute approximate surface area is 99.2 Å². The Morgan fingerprint density at radius 3 is 2.12 bits per heavy atom. The van der Waals surface area contributed by atoms with Crippen LogP contribution in [-0.2, 0) is 5.60 Å². The van der Waals surface area contributed by atoms with Crippen LogP contribution in [0.1, 0.15) is 11.1 Å². The van der Waals surface area contributed by atoms with Gasteiger partial charge in [-0.2, -0.15) is 5.26 Å². The van der Waals surface area contributed by atoms with Gasteiger partial charge in [0.05, 0.1) is 0 Å². The summed E-state index contributed by atoms with van der Waals surface area (Å²) in [6, 6.07) is 16.7. The van der Waals surface area contributed by atoms with Crippen molar-refractivity contribution in [2.75, 3.05) is 0 Å². The molecule has 2 aromatic rings. The summed E-state index contributed by atoms with van der Waals surface area (Å²) in [6.07, 6.45) is 0. The normalized spacial score (nSPS) is 13.6. The molecule has 0 bridgehead atoms. The van der Waals surface area contributed by atoms with Crippen LogP contribution in [0.4, 0.5) is 0 Å². The van der Waals surface area contributed by atoms with Gasteiger partial charge in [0.25, 0.3) is 0 Å². The fourth-order valence-corrected chi connectivity index (χ4v) is 1.74. The number of phenols is 1. The number of hydrogen-bond donors (Lipinski definition) is 2. The second-order valence-corrected chi connectivity index (χ2v) is 3.71. The molecule has 0 aliphatic carbocycles. The quantitative estimate of drug-likeness (QED) is 0.770. The molecular formula is C14H11NO2. The van der Waals surface area contributed by atoms with Gasteiger partial charge >= 0.3 is 0 Å². The summed E-state index contributed by atoms with van der Waals surface area (Å²) in [7, 11) is 0. The number of aromatic hydroxyl groups is 1. The SMILES string of the molecule is N#CC(O)(c1ccccc1)c1ccccc1O. The molecule has 0 saturated carbocycles. The molecule has 84 valence electrons. The number of phenolic OH excluding ortho intramolecular Hbond substituents is 1. The molecular weight excluding hydrogens is 214 g/mol. The van der Waals surface area contributed by atoms with Crippen molar-refractivity contribution in [1.29, 1.82) is 5.26 Å². The topological polar surface area (TPSA) is 64.2 Å². The Morgan fingerprint density at radius 1 is 0.941 bits per heavy atom. The highest BCUT2D eigenvalue weighted by atomic mass is 16.3. The van der Waals surface area contributed by atoms with Crippen LogP contribution in [0.25, 0.3) is 0 Å². The number of para-hydroxylation sites is 1. The van der Waals surface area contributed by atoms with E-state index in [-0.39, 0.29) is 11.3 Å². The second-order valence-electron chi connectivity index (χ2n) is 3.71. The number of nitriles is 1. The Bertz CT molecular complexity index is 560. The number of benzene rings is 2. The van der Waals surface area contributed by atoms with Gasteiger partial charge in [0.15, 0.2) is 0 Å². The minimum Gasteiger partial charge on any atom is -0.508 e. The molecule has 0 heterocycles. The molecule has 0 radical (unpaired) electrons. The molecule has 0 aromatic heterocycles. The lowest BCUT2D eigenvalue weighted by molar-refractivity contribution is 0.139. The Kier molecular flexibility index (Phi) is 2.82. The summed E-state index contributed by atoms with van der Waals surface area (Å²) in [5.74, 6) is -0.0968. The predicted octanol–water partition coefficient (Wildman–Crippen LogP) is 2.15. The third-order valence-electron chi connectivity index (χ3n) is 2.65. The van der Waals surface area contributed by atoms with E-state index >= 15 is 0 Å². The molecule has 0 fully saturated rings. The van der Waals surface area contributed by atoms with E-state index in [2.05, 4.69) is 0 Å². The summed E-state index contributed by atoms with van der Waals surface area (Å²) in [5, 5.41) is 29.4. The minimum absolute atomic E-state index is 0.0968. The van der Waals surface area contributed by atoms with Crippen LogP contribution in [0.3, 0.4) is 0 Å². The molecule has 2 N–H and O–H groups in total. The number of nitrogens with zero attached hydrogens (tertiary/aromatic N) is 1. The number of hydrogen-bond acceptors (Lipinski definition) is 3. The maximum Gasteiger partial charge on any atom is 0.206 e. The van der Waals surface area contributed by atoms with Crippen molar-refractivity contribution in [3.63, 3.8) is 0 Å². The third kappa shape index (κ3) is 1.86. The number of aliphatic hydroxyl groups is 1. The molecule has 1 atom stereocenters. The van der Waals surface area contributed by atoms with Crippen LogP contribution in [-0.4, -0.2) is 10.2 Å². The zero-order valence-electron chi connectivity index (χ0n) is 9.04. The molecule has 2 aromatic carbocycles. The van der Waals surface area contributed by atoms with Gasteiger partial charge in [-0.15, -0.1) is 0 Å². The van der Waals surface area contributed by atoms with E-state index in [1.54, 1.807) is 42.5 Å². The molecule has 1 unspecified atom stereocenters. The van der Waals surface area contributed by atoms with Crippen molar-refractivity contribution in [1.82, 2.24) is 0 Å². The number of rotatable bonds is 2. The van der Waals surface area contributed by atoms with Gasteiger partial charge in [0.2, 0.25) is 5.60 Å². The lowest BCUT2D eigenvalue weighted by Crippen LogP contribution is -2.25. The van der Waals surface area contributed by atoms with E-state index in [1.807, 2.05) is 6.07 Å². The molecule has 0 saturated heterocycles. The molecule has 3 heteroatoms. The summed E-state index contributed by atoms with van der Waals surface area (Å²) in [6.45, 7) is 0. The Morgan fingerprint density at radius 2 is 1.53 bits per heavy atom.